The molecule has 4 nitrogen and oxygen atoms in total. The van der Waals surface area contributed by atoms with Crippen LogP contribution < -0.4 is 5.73 Å². The molecule has 0 fully saturated rings. The van der Waals surface area contributed by atoms with Gasteiger partial charge >= 0.3 is 6.09 Å². The Morgan fingerprint density at radius 2 is 1.61 bits per heavy atom. The van der Waals surface area contributed by atoms with Gasteiger partial charge in [-0.1, -0.05) is 42.5 Å². The second kappa shape index (κ2) is 7.18. The van der Waals surface area contributed by atoms with Gasteiger partial charge in [0.15, 0.2) is 0 Å². The van der Waals surface area contributed by atoms with Crippen molar-refractivity contribution in [2.45, 2.75) is 39.5 Å². The molecule has 2 aromatic rings. The Morgan fingerprint density at radius 3 is 2.22 bits per heavy atom. The minimum atomic E-state index is -0.526. The highest BCUT2D eigenvalue weighted by Gasteiger charge is 2.22. The SMILES string of the molecule is CC(C)(C)OC(=O)N(Cc1ccccc1)Cc1cccc(N)c1. The first-order valence-corrected chi connectivity index (χ1v) is 7.70. The third kappa shape index (κ3) is 5.66. The average molecular weight is 312 g/mol. The molecule has 2 rings (SSSR count). The Hall–Kier alpha value is -2.49. The summed E-state index contributed by atoms with van der Waals surface area (Å²) in [5, 5.41) is 0. The number of amides is 1. The quantitative estimate of drug-likeness (QED) is 0.861. The Bertz CT molecular complexity index is 648. The van der Waals surface area contributed by atoms with Crippen molar-refractivity contribution in [2.75, 3.05) is 5.73 Å². The zero-order valence-electron chi connectivity index (χ0n) is 14.0. The van der Waals surface area contributed by atoms with Crippen LogP contribution >= 0.6 is 0 Å². The van der Waals surface area contributed by atoms with E-state index in [0.717, 1.165) is 11.1 Å². The first-order chi connectivity index (χ1) is 10.8. The van der Waals surface area contributed by atoms with Crippen molar-refractivity contribution in [3.63, 3.8) is 0 Å². The van der Waals surface area contributed by atoms with Crippen LogP contribution in [0, 0.1) is 0 Å². The van der Waals surface area contributed by atoms with E-state index in [1.165, 1.54) is 0 Å². The lowest BCUT2D eigenvalue weighted by Gasteiger charge is -2.27. The number of hydrogen-bond donors (Lipinski definition) is 1. The zero-order valence-corrected chi connectivity index (χ0v) is 14.0. The number of carbonyl (C=O) groups is 1. The van der Waals surface area contributed by atoms with Crippen molar-refractivity contribution < 1.29 is 9.53 Å². The van der Waals surface area contributed by atoms with E-state index in [9.17, 15) is 4.79 Å². The molecule has 0 heterocycles. The maximum Gasteiger partial charge on any atom is 0.410 e. The number of ether oxygens (including phenoxy) is 1. The van der Waals surface area contributed by atoms with Crippen LogP contribution in [0.4, 0.5) is 10.5 Å². The van der Waals surface area contributed by atoms with Crippen LogP contribution in [0.5, 0.6) is 0 Å². The van der Waals surface area contributed by atoms with Crippen LogP contribution in [0.3, 0.4) is 0 Å². The monoisotopic (exact) mass is 312 g/mol. The van der Waals surface area contributed by atoms with Gasteiger partial charge in [0.1, 0.15) is 5.60 Å². The summed E-state index contributed by atoms with van der Waals surface area (Å²) in [5.74, 6) is 0. The molecule has 0 saturated heterocycles. The van der Waals surface area contributed by atoms with Crippen molar-refractivity contribution in [1.29, 1.82) is 0 Å². The van der Waals surface area contributed by atoms with Gasteiger partial charge in [-0.15, -0.1) is 0 Å². The molecule has 0 aliphatic rings. The van der Waals surface area contributed by atoms with Crippen LogP contribution in [0.25, 0.3) is 0 Å². The van der Waals surface area contributed by atoms with Crippen LogP contribution in [0.2, 0.25) is 0 Å². The average Bonchev–Trinajstić information content (AvgIpc) is 2.46. The molecule has 1 amide bonds. The van der Waals surface area contributed by atoms with E-state index in [1.54, 1.807) is 4.90 Å². The molecular formula is C19H24N2O2. The normalized spacial score (nSPS) is 11.1. The lowest BCUT2D eigenvalue weighted by Crippen LogP contribution is -2.36. The van der Waals surface area contributed by atoms with E-state index >= 15 is 0 Å². The highest BCUT2D eigenvalue weighted by Crippen LogP contribution is 2.17. The number of carbonyl (C=O) groups excluding carboxylic acids is 1. The van der Waals surface area contributed by atoms with Gasteiger partial charge in [-0.2, -0.15) is 0 Å². The van der Waals surface area contributed by atoms with Gasteiger partial charge in [-0.25, -0.2) is 4.79 Å². The predicted octanol–water partition coefficient (Wildman–Crippen LogP) is 4.21. The number of nitrogens with zero attached hydrogens (tertiary/aromatic N) is 1. The summed E-state index contributed by atoms with van der Waals surface area (Å²) in [4.78, 5) is 14.2. The molecule has 0 spiro atoms. The third-order valence-corrected chi connectivity index (χ3v) is 3.19. The van der Waals surface area contributed by atoms with Crippen LogP contribution in [-0.2, 0) is 17.8 Å². The van der Waals surface area contributed by atoms with E-state index in [2.05, 4.69) is 0 Å². The molecule has 0 radical (unpaired) electrons. The molecule has 0 unspecified atom stereocenters. The van der Waals surface area contributed by atoms with Gasteiger partial charge in [-0.05, 0) is 44.0 Å². The molecule has 2 N–H and O–H groups in total. The van der Waals surface area contributed by atoms with Crippen LogP contribution in [0.15, 0.2) is 54.6 Å². The number of rotatable bonds is 4. The topological polar surface area (TPSA) is 55.6 Å². The predicted molar refractivity (Wildman–Crippen MR) is 92.8 cm³/mol. The highest BCUT2D eigenvalue weighted by molar-refractivity contribution is 5.68. The van der Waals surface area contributed by atoms with E-state index in [4.69, 9.17) is 10.5 Å². The first-order valence-electron chi connectivity index (χ1n) is 7.70. The minimum Gasteiger partial charge on any atom is -0.444 e. The molecule has 0 aliphatic carbocycles. The standard InChI is InChI=1S/C19H24N2O2/c1-19(2,3)23-18(22)21(13-15-8-5-4-6-9-15)14-16-10-7-11-17(20)12-16/h4-12H,13-14,20H2,1-3H3. The second-order valence-electron chi connectivity index (χ2n) is 6.57. The molecule has 23 heavy (non-hydrogen) atoms. The first kappa shape index (κ1) is 16.9. The third-order valence-electron chi connectivity index (χ3n) is 3.19. The van der Waals surface area contributed by atoms with E-state index < -0.39 is 5.60 Å². The number of anilines is 1. The van der Waals surface area contributed by atoms with Crippen molar-refractivity contribution in [2.24, 2.45) is 0 Å². The van der Waals surface area contributed by atoms with Gasteiger partial charge in [-0.3, -0.25) is 4.90 Å². The number of benzene rings is 2. The molecule has 0 saturated carbocycles. The fraction of sp³-hybridized carbons (Fsp3) is 0.316. The number of nitrogen functional groups attached to an aromatic ring is 1. The van der Waals surface area contributed by atoms with Gasteiger partial charge < -0.3 is 10.5 Å². The fourth-order valence-corrected chi connectivity index (χ4v) is 2.23. The van der Waals surface area contributed by atoms with Crippen molar-refractivity contribution in [1.82, 2.24) is 4.90 Å². The summed E-state index contributed by atoms with van der Waals surface area (Å²) >= 11 is 0. The summed E-state index contributed by atoms with van der Waals surface area (Å²) in [7, 11) is 0. The van der Waals surface area contributed by atoms with E-state index in [-0.39, 0.29) is 6.09 Å². The fourth-order valence-electron chi connectivity index (χ4n) is 2.23. The maximum absolute atomic E-state index is 12.5. The summed E-state index contributed by atoms with van der Waals surface area (Å²) < 4.78 is 5.53. The Labute approximate surface area is 137 Å². The van der Waals surface area contributed by atoms with Crippen molar-refractivity contribution >= 4 is 11.8 Å². The molecule has 0 atom stereocenters. The van der Waals surface area contributed by atoms with Gasteiger partial charge in [0.25, 0.3) is 0 Å². The zero-order chi connectivity index (χ0) is 16.9. The van der Waals surface area contributed by atoms with Crippen LogP contribution in [-0.4, -0.2) is 16.6 Å². The van der Waals surface area contributed by atoms with Crippen LogP contribution in [0.1, 0.15) is 31.9 Å². The summed E-state index contributed by atoms with van der Waals surface area (Å²) in [6.07, 6.45) is -0.330. The molecule has 122 valence electrons. The lowest BCUT2D eigenvalue weighted by atomic mass is 10.1. The summed E-state index contributed by atoms with van der Waals surface area (Å²) in [6.45, 7) is 6.55. The number of hydrogen-bond acceptors (Lipinski definition) is 3. The highest BCUT2D eigenvalue weighted by atomic mass is 16.6. The Morgan fingerprint density at radius 1 is 1.00 bits per heavy atom. The molecule has 0 aliphatic heterocycles. The van der Waals surface area contributed by atoms with E-state index in [1.807, 2.05) is 75.4 Å². The largest absolute Gasteiger partial charge is 0.444 e. The van der Waals surface area contributed by atoms with Crippen molar-refractivity contribution in [3.8, 4) is 0 Å². The molecule has 0 aromatic heterocycles. The van der Waals surface area contributed by atoms with Gasteiger partial charge in [0.2, 0.25) is 0 Å². The van der Waals surface area contributed by atoms with E-state index in [0.29, 0.717) is 18.8 Å². The summed E-state index contributed by atoms with van der Waals surface area (Å²) in [5.41, 5.74) is 8.03. The maximum atomic E-state index is 12.5. The molecule has 2 aromatic carbocycles. The second-order valence-corrected chi connectivity index (χ2v) is 6.57. The number of nitrogens with two attached hydrogens (primary N) is 1. The molecule has 4 heteroatoms. The molecular weight excluding hydrogens is 288 g/mol. The summed E-state index contributed by atoms with van der Waals surface area (Å²) in [6, 6.07) is 17.4. The minimum absolute atomic E-state index is 0.330. The smallest absolute Gasteiger partial charge is 0.410 e. The van der Waals surface area contributed by atoms with Gasteiger partial charge in [0.05, 0.1) is 0 Å². The Kier molecular flexibility index (Phi) is 5.27. The molecule has 0 bridgehead atoms. The lowest BCUT2D eigenvalue weighted by molar-refractivity contribution is 0.0216. The van der Waals surface area contributed by atoms with Gasteiger partial charge in [0, 0.05) is 18.8 Å². The van der Waals surface area contributed by atoms with Crippen molar-refractivity contribution in [3.05, 3.63) is 65.7 Å². The Balaban J connectivity index is 2.18.